The highest BCUT2D eigenvalue weighted by atomic mass is 32.1. The number of pyridine rings is 2. The maximum atomic E-state index is 12.0. The van der Waals surface area contributed by atoms with Crippen LogP contribution >= 0.6 is 11.3 Å². The van der Waals surface area contributed by atoms with Crippen LogP contribution in [-0.2, 0) is 17.8 Å². The number of hydrogen-bond donors (Lipinski definition) is 1. The summed E-state index contributed by atoms with van der Waals surface area (Å²) in [5.41, 5.74) is 4.21. The Morgan fingerprint density at radius 2 is 2.00 bits per heavy atom. The van der Waals surface area contributed by atoms with Gasteiger partial charge in [0.2, 0.25) is 5.91 Å². The highest BCUT2D eigenvalue weighted by Gasteiger charge is 2.06. The van der Waals surface area contributed by atoms with Crippen molar-refractivity contribution >= 4 is 17.2 Å². The van der Waals surface area contributed by atoms with E-state index >= 15 is 0 Å². The molecular formula is C19H19N3OS. The van der Waals surface area contributed by atoms with Crippen molar-refractivity contribution in [3.63, 3.8) is 0 Å². The first-order valence-corrected chi connectivity index (χ1v) is 8.75. The molecule has 3 rings (SSSR count). The second-order valence-corrected chi connectivity index (χ2v) is 6.59. The van der Waals surface area contributed by atoms with Gasteiger partial charge in [-0.2, -0.15) is 0 Å². The van der Waals surface area contributed by atoms with E-state index in [0.29, 0.717) is 13.0 Å². The van der Waals surface area contributed by atoms with Gasteiger partial charge < -0.3 is 5.32 Å². The molecule has 0 atom stereocenters. The van der Waals surface area contributed by atoms with E-state index in [1.807, 2.05) is 24.3 Å². The smallest absolute Gasteiger partial charge is 0.220 e. The third-order valence-electron chi connectivity index (χ3n) is 3.84. The zero-order valence-electron chi connectivity index (χ0n) is 13.5. The summed E-state index contributed by atoms with van der Waals surface area (Å²) < 4.78 is 0. The van der Waals surface area contributed by atoms with Gasteiger partial charge in [0.15, 0.2) is 0 Å². The summed E-state index contributed by atoms with van der Waals surface area (Å²) in [5, 5.41) is 5.05. The lowest BCUT2D eigenvalue weighted by Crippen LogP contribution is -2.23. The molecule has 24 heavy (non-hydrogen) atoms. The van der Waals surface area contributed by atoms with E-state index in [1.165, 1.54) is 10.4 Å². The summed E-state index contributed by atoms with van der Waals surface area (Å²) in [5.74, 6) is 0.0741. The maximum Gasteiger partial charge on any atom is 0.220 e. The Morgan fingerprint density at radius 3 is 2.75 bits per heavy atom. The summed E-state index contributed by atoms with van der Waals surface area (Å²) in [4.78, 5) is 21.7. The molecule has 0 saturated carbocycles. The molecule has 1 amide bonds. The van der Waals surface area contributed by atoms with Crippen LogP contribution in [0.25, 0.3) is 11.3 Å². The number of thiophene rings is 1. The molecule has 122 valence electrons. The van der Waals surface area contributed by atoms with Crippen LogP contribution in [0.2, 0.25) is 0 Å². The fraction of sp³-hybridized carbons (Fsp3) is 0.211. The summed E-state index contributed by atoms with van der Waals surface area (Å²) in [6.07, 6.45) is 6.58. The minimum atomic E-state index is 0.0741. The van der Waals surface area contributed by atoms with Crippen LogP contribution in [0.15, 0.2) is 54.3 Å². The van der Waals surface area contributed by atoms with Crippen molar-refractivity contribution in [2.75, 3.05) is 0 Å². The quantitative estimate of drug-likeness (QED) is 0.745. The van der Waals surface area contributed by atoms with Gasteiger partial charge in [-0.3, -0.25) is 14.8 Å². The molecule has 0 radical (unpaired) electrons. The van der Waals surface area contributed by atoms with E-state index in [9.17, 15) is 4.79 Å². The predicted octanol–water partition coefficient (Wildman–Crippen LogP) is 3.76. The molecule has 0 fully saturated rings. The lowest BCUT2D eigenvalue weighted by Gasteiger charge is -2.07. The molecule has 0 bridgehead atoms. The van der Waals surface area contributed by atoms with Gasteiger partial charge >= 0.3 is 0 Å². The highest BCUT2D eigenvalue weighted by Crippen LogP contribution is 2.18. The van der Waals surface area contributed by atoms with Gasteiger partial charge in [0.25, 0.3) is 0 Å². The fourth-order valence-electron chi connectivity index (χ4n) is 2.44. The largest absolute Gasteiger partial charge is 0.352 e. The average molecular weight is 337 g/mol. The Kier molecular flexibility index (Phi) is 5.33. The molecule has 3 heterocycles. The molecule has 0 aliphatic rings. The molecule has 0 aliphatic heterocycles. The zero-order valence-corrected chi connectivity index (χ0v) is 14.3. The van der Waals surface area contributed by atoms with E-state index in [4.69, 9.17) is 0 Å². The molecule has 3 aromatic heterocycles. The standard InChI is InChI=1S/C19H19N3OS/c1-14-7-11-24-18(14)2-3-19(23)22-13-15-4-10-21-17(12-15)16-5-8-20-9-6-16/h4-12H,2-3,13H2,1H3,(H,22,23). The van der Waals surface area contributed by atoms with Crippen LogP contribution in [0.1, 0.15) is 22.4 Å². The molecular weight excluding hydrogens is 318 g/mol. The van der Waals surface area contributed by atoms with Gasteiger partial charge in [0.05, 0.1) is 5.69 Å². The van der Waals surface area contributed by atoms with E-state index in [0.717, 1.165) is 23.2 Å². The zero-order chi connectivity index (χ0) is 16.8. The van der Waals surface area contributed by atoms with Gasteiger partial charge in [-0.25, -0.2) is 0 Å². The lowest BCUT2D eigenvalue weighted by molar-refractivity contribution is -0.121. The van der Waals surface area contributed by atoms with Crippen LogP contribution in [0.5, 0.6) is 0 Å². The van der Waals surface area contributed by atoms with E-state index in [2.05, 4.69) is 33.7 Å². The lowest BCUT2D eigenvalue weighted by atomic mass is 10.1. The van der Waals surface area contributed by atoms with E-state index in [1.54, 1.807) is 29.9 Å². The topological polar surface area (TPSA) is 54.9 Å². The van der Waals surface area contributed by atoms with Crippen molar-refractivity contribution in [1.29, 1.82) is 0 Å². The molecule has 0 saturated heterocycles. The fourth-order valence-corrected chi connectivity index (χ4v) is 3.35. The van der Waals surface area contributed by atoms with E-state index < -0.39 is 0 Å². The number of hydrogen-bond acceptors (Lipinski definition) is 4. The number of aryl methyl sites for hydroxylation is 2. The van der Waals surface area contributed by atoms with Crippen LogP contribution in [-0.4, -0.2) is 15.9 Å². The maximum absolute atomic E-state index is 12.0. The Labute approximate surface area is 145 Å². The number of carbonyl (C=O) groups excluding carboxylic acids is 1. The average Bonchev–Trinajstić information content (AvgIpc) is 3.04. The third-order valence-corrected chi connectivity index (χ3v) is 4.92. The summed E-state index contributed by atoms with van der Waals surface area (Å²) in [7, 11) is 0. The molecule has 0 unspecified atom stereocenters. The Morgan fingerprint density at radius 1 is 1.17 bits per heavy atom. The number of nitrogens with one attached hydrogen (secondary N) is 1. The predicted molar refractivity (Wildman–Crippen MR) is 96.7 cm³/mol. The van der Waals surface area contributed by atoms with Gasteiger partial charge in [-0.15, -0.1) is 11.3 Å². The highest BCUT2D eigenvalue weighted by molar-refractivity contribution is 7.10. The van der Waals surface area contributed by atoms with Gasteiger partial charge in [-0.1, -0.05) is 0 Å². The molecule has 0 spiro atoms. The summed E-state index contributed by atoms with van der Waals surface area (Å²) >= 11 is 1.71. The van der Waals surface area contributed by atoms with Crippen molar-refractivity contribution in [3.8, 4) is 11.3 Å². The van der Waals surface area contributed by atoms with Crippen LogP contribution < -0.4 is 5.32 Å². The molecule has 1 N–H and O–H groups in total. The first kappa shape index (κ1) is 16.3. The van der Waals surface area contributed by atoms with Crippen LogP contribution in [0.3, 0.4) is 0 Å². The van der Waals surface area contributed by atoms with Crippen LogP contribution in [0, 0.1) is 6.92 Å². The molecule has 0 aliphatic carbocycles. The van der Waals surface area contributed by atoms with Gasteiger partial charge in [0.1, 0.15) is 0 Å². The van der Waals surface area contributed by atoms with Crippen molar-refractivity contribution in [3.05, 3.63) is 70.3 Å². The minimum absolute atomic E-state index is 0.0741. The summed E-state index contributed by atoms with van der Waals surface area (Å²) in [6, 6.07) is 9.87. The number of carbonyl (C=O) groups is 1. The normalized spacial score (nSPS) is 10.5. The molecule has 0 aromatic carbocycles. The third kappa shape index (κ3) is 4.26. The van der Waals surface area contributed by atoms with Crippen LogP contribution in [0.4, 0.5) is 0 Å². The monoisotopic (exact) mass is 337 g/mol. The Bertz CT molecular complexity index is 814. The number of amides is 1. The number of nitrogens with zero attached hydrogens (tertiary/aromatic N) is 2. The first-order chi connectivity index (χ1) is 11.7. The minimum Gasteiger partial charge on any atom is -0.352 e. The van der Waals surface area contributed by atoms with E-state index in [-0.39, 0.29) is 5.91 Å². The van der Waals surface area contributed by atoms with Crippen molar-refractivity contribution in [2.24, 2.45) is 0 Å². The molecule has 3 aromatic rings. The van der Waals surface area contributed by atoms with Crippen molar-refractivity contribution < 1.29 is 4.79 Å². The number of rotatable bonds is 6. The van der Waals surface area contributed by atoms with Gasteiger partial charge in [-0.05, 0) is 60.2 Å². The summed E-state index contributed by atoms with van der Waals surface area (Å²) in [6.45, 7) is 2.60. The number of aromatic nitrogens is 2. The molecule has 5 heteroatoms. The van der Waals surface area contributed by atoms with Gasteiger partial charge in [0, 0.05) is 42.0 Å². The van der Waals surface area contributed by atoms with Crippen molar-refractivity contribution in [1.82, 2.24) is 15.3 Å². The van der Waals surface area contributed by atoms with Crippen molar-refractivity contribution in [2.45, 2.75) is 26.3 Å². The Balaban J connectivity index is 1.55. The second-order valence-electron chi connectivity index (χ2n) is 5.59. The first-order valence-electron chi connectivity index (χ1n) is 7.87. The SMILES string of the molecule is Cc1ccsc1CCC(=O)NCc1ccnc(-c2ccncc2)c1. The Hall–Kier alpha value is -2.53. The second kappa shape index (κ2) is 7.84. The molecule has 4 nitrogen and oxygen atoms in total.